The highest BCUT2D eigenvalue weighted by Gasteiger charge is 2.27. The number of hydrogen-bond donors (Lipinski definition) is 2. The molecule has 0 heterocycles. The second-order valence-electron chi connectivity index (χ2n) is 5.35. The quantitative estimate of drug-likeness (QED) is 0.772. The zero-order chi connectivity index (χ0) is 15.2. The smallest absolute Gasteiger partial charge is 0.243 e. The first kappa shape index (κ1) is 16.9. The maximum Gasteiger partial charge on any atom is 0.243 e. The van der Waals surface area contributed by atoms with E-state index in [0.29, 0.717) is 12.3 Å². The second-order valence-corrected chi connectivity index (χ2v) is 7.00. The van der Waals surface area contributed by atoms with Crippen LogP contribution in [-0.2, 0) is 14.8 Å². The standard InChI is InChI=1S/C14H24N2O3S/c1-5-10-15-12-8-6-7-9-13(12)20(17,18)16-14(2,3)11-19-4/h6-9,15-16H,5,10-11H2,1-4H3. The Morgan fingerprint density at radius 3 is 2.50 bits per heavy atom. The molecule has 0 unspecified atom stereocenters. The summed E-state index contributed by atoms with van der Waals surface area (Å²) in [4.78, 5) is 0.262. The lowest BCUT2D eigenvalue weighted by Crippen LogP contribution is -2.46. The van der Waals surface area contributed by atoms with Gasteiger partial charge in [-0.1, -0.05) is 19.1 Å². The van der Waals surface area contributed by atoms with E-state index in [1.165, 1.54) is 0 Å². The predicted molar refractivity (Wildman–Crippen MR) is 81.5 cm³/mol. The molecule has 0 radical (unpaired) electrons. The van der Waals surface area contributed by atoms with Crippen LogP contribution in [-0.4, -0.2) is 34.2 Å². The topological polar surface area (TPSA) is 67.4 Å². The number of rotatable bonds is 8. The first-order chi connectivity index (χ1) is 9.32. The van der Waals surface area contributed by atoms with E-state index in [1.807, 2.05) is 13.0 Å². The lowest BCUT2D eigenvalue weighted by molar-refractivity contribution is 0.141. The van der Waals surface area contributed by atoms with Crippen molar-refractivity contribution in [3.8, 4) is 0 Å². The van der Waals surface area contributed by atoms with Crippen molar-refractivity contribution < 1.29 is 13.2 Å². The van der Waals surface area contributed by atoms with Crippen LogP contribution in [0, 0.1) is 0 Å². The van der Waals surface area contributed by atoms with Crippen molar-refractivity contribution in [2.24, 2.45) is 0 Å². The minimum Gasteiger partial charge on any atom is -0.384 e. The van der Waals surface area contributed by atoms with Gasteiger partial charge in [0.15, 0.2) is 0 Å². The Hall–Kier alpha value is -1.11. The van der Waals surface area contributed by atoms with Gasteiger partial charge in [0.05, 0.1) is 17.8 Å². The third-order valence-electron chi connectivity index (χ3n) is 2.66. The summed E-state index contributed by atoms with van der Waals surface area (Å²) in [7, 11) is -2.05. The number of methoxy groups -OCH3 is 1. The van der Waals surface area contributed by atoms with Crippen LogP contribution in [0.2, 0.25) is 0 Å². The molecule has 1 aromatic rings. The van der Waals surface area contributed by atoms with E-state index >= 15 is 0 Å². The summed E-state index contributed by atoms with van der Waals surface area (Å²) in [6, 6.07) is 6.91. The van der Waals surface area contributed by atoms with Gasteiger partial charge in [-0.25, -0.2) is 13.1 Å². The Kier molecular flexibility index (Phi) is 5.98. The predicted octanol–water partition coefficient (Wildman–Crippen LogP) is 2.21. The highest BCUT2D eigenvalue weighted by Crippen LogP contribution is 2.22. The van der Waals surface area contributed by atoms with Crippen molar-refractivity contribution in [1.29, 1.82) is 0 Å². The monoisotopic (exact) mass is 300 g/mol. The molecule has 0 fully saturated rings. The Bertz CT molecular complexity index is 527. The van der Waals surface area contributed by atoms with Crippen molar-refractivity contribution in [2.75, 3.05) is 25.6 Å². The van der Waals surface area contributed by atoms with Crippen molar-refractivity contribution >= 4 is 15.7 Å². The van der Waals surface area contributed by atoms with E-state index in [4.69, 9.17) is 4.74 Å². The van der Waals surface area contributed by atoms with Crippen LogP contribution in [0.5, 0.6) is 0 Å². The minimum atomic E-state index is -3.59. The average molecular weight is 300 g/mol. The van der Waals surface area contributed by atoms with Crippen LogP contribution in [0.25, 0.3) is 0 Å². The molecule has 2 N–H and O–H groups in total. The Morgan fingerprint density at radius 2 is 1.90 bits per heavy atom. The molecule has 0 saturated heterocycles. The van der Waals surface area contributed by atoms with Crippen molar-refractivity contribution in [2.45, 2.75) is 37.6 Å². The average Bonchev–Trinajstić information content (AvgIpc) is 2.35. The largest absolute Gasteiger partial charge is 0.384 e. The molecule has 6 heteroatoms. The third kappa shape index (κ3) is 4.77. The van der Waals surface area contributed by atoms with Gasteiger partial charge in [-0.2, -0.15) is 0 Å². The van der Waals surface area contributed by atoms with Gasteiger partial charge < -0.3 is 10.1 Å². The zero-order valence-corrected chi connectivity index (χ0v) is 13.4. The van der Waals surface area contributed by atoms with E-state index in [0.717, 1.165) is 13.0 Å². The summed E-state index contributed by atoms with van der Waals surface area (Å²) in [5.41, 5.74) is -0.0408. The van der Waals surface area contributed by atoms with Crippen molar-refractivity contribution in [1.82, 2.24) is 4.72 Å². The molecular formula is C14H24N2O3S. The fourth-order valence-electron chi connectivity index (χ4n) is 1.92. The van der Waals surface area contributed by atoms with Crippen LogP contribution >= 0.6 is 0 Å². The van der Waals surface area contributed by atoms with E-state index in [-0.39, 0.29) is 4.90 Å². The normalized spacial score (nSPS) is 12.4. The summed E-state index contributed by atoms with van der Waals surface area (Å²) in [5, 5.41) is 3.14. The lowest BCUT2D eigenvalue weighted by Gasteiger charge is -2.25. The third-order valence-corrected chi connectivity index (χ3v) is 4.41. The molecule has 0 spiro atoms. The molecule has 0 amide bonds. The molecule has 20 heavy (non-hydrogen) atoms. The molecule has 1 aromatic carbocycles. The summed E-state index contributed by atoms with van der Waals surface area (Å²) >= 11 is 0. The van der Waals surface area contributed by atoms with Gasteiger partial charge >= 0.3 is 0 Å². The van der Waals surface area contributed by atoms with Gasteiger partial charge in [-0.05, 0) is 32.4 Å². The summed E-state index contributed by atoms with van der Waals surface area (Å²) in [6.07, 6.45) is 0.928. The fourth-order valence-corrected chi connectivity index (χ4v) is 3.50. The maximum absolute atomic E-state index is 12.5. The van der Waals surface area contributed by atoms with Gasteiger partial charge in [-0.15, -0.1) is 0 Å². The Morgan fingerprint density at radius 1 is 1.25 bits per heavy atom. The molecule has 0 aliphatic carbocycles. The molecule has 5 nitrogen and oxygen atoms in total. The van der Waals surface area contributed by atoms with Crippen molar-refractivity contribution in [3.63, 3.8) is 0 Å². The van der Waals surface area contributed by atoms with Gasteiger partial charge in [-0.3, -0.25) is 0 Å². The first-order valence-corrected chi connectivity index (χ1v) is 8.16. The van der Waals surface area contributed by atoms with Gasteiger partial charge in [0.25, 0.3) is 0 Å². The minimum absolute atomic E-state index is 0.262. The summed E-state index contributed by atoms with van der Waals surface area (Å²) < 4.78 is 32.7. The molecule has 0 saturated carbocycles. The Labute approximate surface area is 121 Å². The summed E-state index contributed by atoms with van der Waals surface area (Å²) in [6.45, 7) is 6.64. The van der Waals surface area contributed by atoms with E-state index in [9.17, 15) is 8.42 Å². The summed E-state index contributed by atoms with van der Waals surface area (Å²) in [5.74, 6) is 0. The highest BCUT2D eigenvalue weighted by atomic mass is 32.2. The van der Waals surface area contributed by atoms with Crippen LogP contribution < -0.4 is 10.0 Å². The molecular weight excluding hydrogens is 276 g/mol. The van der Waals surface area contributed by atoms with Crippen LogP contribution in [0.15, 0.2) is 29.2 Å². The molecule has 114 valence electrons. The molecule has 0 bridgehead atoms. The number of benzene rings is 1. The first-order valence-electron chi connectivity index (χ1n) is 6.68. The lowest BCUT2D eigenvalue weighted by atomic mass is 10.1. The van der Waals surface area contributed by atoms with Gasteiger partial charge in [0.1, 0.15) is 4.90 Å². The number of sulfonamides is 1. The SMILES string of the molecule is CCCNc1ccccc1S(=O)(=O)NC(C)(C)COC. The van der Waals surface area contributed by atoms with Crippen LogP contribution in [0.4, 0.5) is 5.69 Å². The number of anilines is 1. The zero-order valence-electron chi connectivity index (χ0n) is 12.6. The fraction of sp³-hybridized carbons (Fsp3) is 0.571. The van der Waals surface area contributed by atoms with Crippen molar-refractivity contribution in [3.05, 3.63) is 24.3 Å². The van der Waals surface area contributed by atoms with Crippen LogP contribution in [0.1, 0.15) is 27.2 Å². The molecule has 0 atom stereocenters. The highest BCUT2D eigenvalue weighted by molar-refractivity contribution is 7.89. The van der Waals surface area contributed by atoms with E-state index < -0.39 is 15.6 Å². The molecule has 0 aliphatic rings. The number of para-hydroxylation sites is 1. The van der Waals surface area contributed by atoms with E-state index in [1.54, 1.807) is 39.2 Å². The Balaban J connectivity index is 3.03. The number of hydrogen-bond acceptors (Lipinski definition) is 4. The number of ether oxygens (including phenoxy) is 1. The second kappa shape index (κ2) is 7.06. The molecule has 1 rings (SSSR count). The number of nitrogens with one attached hydrogen (secondary N) is 2. The van der Waals surface area contributed by atoms with Gasteiger partial charge in [0, 0.05) is 13.7 Å². The maximum atomic E-state index is 12.5. The van der Waals surface area contributed by atoms with Gasteiger partial charge in [0.2, 0.25) is 10.0 Å². The van der Waals surface area contributed by atoms with E-state index in [2.05, 4.69) is 10.0 Å². The molecule has 0 aliphatic heterocycles. The van der Waals surface area contributed by atoms with Crippen LogP contribution in [0.3, 0.4) is 0 Å². The molecule has 0 aromatic heterocycles.